The van der Waals surface area contributed by atoms with Crippen LogP contribution in [0.5, 0.6) is 0 Å². The highest BCUT2D eigenvalue weighted by molar-refractivity contribution is 7.99. The summed E-state index contributed by atoms with van der Waals surface area (Å²) >= 11 is 1.82. The summed E-state index contributed by atoms with van der Waals surface area (Å²) in [5.74, 6) is 2.06. The maximum atomic E-state index is 11.6. The van der Waals surface area contributed by atoms with Crippen molar-refractivity contribution < 1.29 is 14.3 Å². The summed E-state index contributed by atoms with van der Waals surface area (Å²) in [4.78, 5) is 23.3. The van der Waals surface area contributed by atoms with Crippen LogP contribution in [0.25, 0.3) is 0 Å². The Morgan fingerprint density at radius 2 is 1.62 bits per heavy atom. The molecule has 0 aliphatic carbocycles. The van der Waals surface area contributed by atoms with Crippen molar-refractivity contribution >= 4 is 23.6 Å². The van der Waals surface area contributed by atoms with Crippen molar-refractivity contribution in [3.63, 3.8) is 0 Å². The van der Waals surface area contributed by atoms with E-state index in [2.05, 4.69) is 31.4 Å². The van der Waals surface area contributed by atoms with Crippen molar-refractivity contribution in [2.24, 2.45) is 10.8 Å². The zero-order valence-corrected chi connectivity index (χ0v) is 17.1. The fraction of sp³-hybridized carbons (Fsp3) is 0.889. The lowest BCUT2D eigenvalue weighted by Crippen LogP contribution is -2.35. The first-order chi connectivity index (χ1) is 11.0. The molecule has 0 fully saturated rings. The Bertz CT molecular complexity index is 373. The number of rotatable bonds is 11. The lowest BCUT2D eigenvalue weighted by molar-refractivity contribution is -0.128. The Balaban J connectivity index is 3.41. The van der Waals surface area contributed by atoms with Gasteiger partial charge in [0.25, 0.3) is 0 Å². The molecule has 0 unspecified atom stereocenters. The molecule has 0 aromatic rings. The minimum absolute atomic E-state index is 0.0547. The van der Waals surface area contributed by atoms with Gasteiger partial charge >= 0.3 is 0 Å². The van der Waals surface area contributed by atoms with Crippen LogP contribution >= 0.6 is 11.8 Å². The van der Waals surface area contributed by atoms with E-state index < -0.39 is 0 Å². The van der Waals surface area contributed by atoms with Crippen LogP contribution in [0.4, 0.5) is 0 Å². The minimum atomic E-state index is -0.351. The molecule has 2 amide bonds. The number of amides is 2. The van der Waals surface area contributed by atoms with Gasteiger partial charge in [-0.1, -0.05) is 41.5 Å². The van der Waals surface area contributed by atoms with E-state index in [-0.39, 0.29) is 17.2 Å². The van der Waals surface area contributed by atoms with Gasteiger partial charge in [0, 0.05) is 37.3 Å². The van der Waals surface area contributed by atoms with Gasteiger partial charge in [0.15, 0.2) is 0 Å². The maximum Gasteiger partial charge on any atom is 0.225 e. The van der Waals surface area contributed by atoms with Crippen molar-refractivity contribution in [2.45, 2.75) is 54.4 Å². The summed E-state index contributed by atoms with van der Waals surface area (Å²) in [5, 5.41) is 5.74. The fourth-order valence-electron chi connectivity index (χ4n) is 1.64. The van der Waals surface area contributed by atoms with Gasteiger partial charge in [0.05, 0.1) is 6.61 Å². The Morgan fingerprint density at radius 3 is 2.21 bits per heavy atom. The second-order valence-electron chi connectivity index (χ2n) is 8.19. The minimum Gasteiger partial charge on any atom is -0.380 e. The third-order valence-electron chi connectivity index (χ3n) is 3.01. The normalized spacial score (nSPS) is 12.1. The van der Waals surface area contributed by atoms with Gasteiger partial charge in [0.2, 0.25) is 11.8 Å². The van der Waals surface area contributed by atoms with E-state index in [0.29, 0.717) is 38.1 Å². The first-order valence-corrected chi connectivity index (χ1v) is 9.88. The van der Waals surface area contributed by atoms with Crippen molar-refractivity contribution in [1.82, 2.24) is 10.6 Å². The predicted octanol–water partition coefficient (Wildman–Crippen LogP) is 2.84. The van der Waals surface area contributed by atoms with Crippen LogP contribution in [0.15, 0.2) is 0 Å². The molecule has 0 saturated carbocycles. The average Bonchev–Trinajstić information content (AvgIpc) is 2.44. The first-order valence-electron chi connectivity index (χ1n) is 8.73. The molecule has 0 saturated heterocycles. The highest BCUT2D eigenvalue weighted by atomic mass is 32.2. The largest absolute Gasteiger partial charge is 0.380 e. The number of nitrogens with one attached hydrogen (secondary N) is 2. The molecule has 5 nitrogen and oxygen atoms in total. The topological polar surface area (TPSA) is 67.4 Å². The van der Waals surface area contributed by atoms with Gasteiger partial charge in [-0.05, 0) is 17.6 Å². The fourth-order valence-corrected chi connectivity index (χ4v) is 2.72. The molecule has 0 rings (SSSR count). The average molecular weight is 361 g/mol. The molecule has 0 aromatic heterocycles. The second kappa shape index (κ2) is 11.7. The van der Waals surface area contributed by atoms with Crippen molar-refractivity contribution in [1.29, 1.82) is 0 Å². The third kappa shape index (κ3) is 14.8. The van der Waals surface area contributed by atoms with Crippen LogP contribution in [0, 0.1) is 10.8 Å². The van der Waals surface area contributed by atoms with E-state index in [9.17, 15) is 9.59 Å². The van der Waals surface area contributed by atoms with Gasteiger partial charge in [-0.3, -0.25) is 9.59 Å². The van der Waals surface area contributed by atoms with Gasteiger partial charge in [-0.2, -0.15) is 11.8 Å². The number of ether oxygens (including phenoxy) is 1. The SMILES string of the molecule is CC(C)(C)CSCCC(=O)NCCOCCCNC(=O)C(C)(C)C. The van der Waals surface area contributed by atoms with Gasteiger partial charge in [-0.25, -0.2) is 0 Å². The summed E-state index contributed by atoms with van der Waals surface area (Å²) in [6, 6.07) is 0. The van der Waals surface area contributed by atoms with Gasteiger partial charge in [-0.15, -0.1) is 0 Å². The number of thioether (sulfide) groups is 1. The van der Waals surface area contributed by atoms with E-state index in [1.54, 1.807) is 0 Å². The van der Waals surface area contributed by atoms with E-state index in [4.69, 9.17) is 4.74 Å². The summed E-state index contributed by atoms with van der Waals surface area (Å²) in [5.41, 5.74) is -0.0440. The van der Waals surface area contributed by atoms with E-state index in [1.807, 2.05) is 32.5 Å². The molecule has 0 atom stereocenters. The molecule has 142 valence electrons. The van der Waals surface area contributed by atoms with Gasteiger partial charge in [0.1, 0.15) is 0 Å². The molecule has 0 radical (unpaired) electrons. The Hall–Kier alpha value is -0.750. The summed E-state index contributed by atoms with van der Waals surface area (Å²) in [6.45, 7) is 14.5. The van der Waals surface area contributed by atoms with Crippen molar-refractivity contribution in [2.75, 3.05) is 37.8 Å². The monoisotopic (exact) mass is 360 g/mol. The number of carbonyl (C=O) groups is 2. The molecule has 0 bridgehead atoms. The predicted molar refractivity (Wildman–Crippen MR) is 102 cm³/mol. The molecule has 0 aliphatic rings. The highest BCUT2D eigenvalue weighted by Gasteiger charge is 2.20. The lowest BCUT2D eigenvalue weighted by atomic mass is 9.96. The molecule has 0 aliphatic heterocycles. The molecular formula is C18H36N2O3S. The molecule has 0 aromatic carbocycles. The second-order valence-corrected chi connectivity index (χ2v) is 9.29. The van der Waals surface area contributed by atoms with Crippen LogP contribution in [0.1, 0.15) is 54.4 Å². The van der Waals surface area contributed by atoms with Crippen LogP contribution in [-0.2, 0) is 14.3 Å². The van der Waals surface area contributed by atoms with Crippen molar-refractivity contribution in [3.8, 4) is 0 Å². The summed E-state index contributed by atoms with van der Waals surface area (Å²) in [7, 11) is 0. The molecular weight excluding hydrogens is 324 g/mol. The van der Waals surface area contributed by atoms with Crippen LogP contribution in [-0.4, -0.2) is 49.6 Å². The van der Waals surface area contributed by atoms with E-state index >= 15 is 0 Å². The maximum absolute atomic E-state index is 11.6. The zero-order chi connectivity index (χ0) is 18.6. The quantitative estimate of drug-likeness (QED) is 0.556. The Kier molecular flexibility index (Phi) is 11.4. The van der Waals surface area contributed by atoms with E-state index in [0.717, 1.165) is 17.9 Å². The Labute approximate surface area is 152 Å². The number of hydrogen-bond acceptors (Lipinski definition) is 4. The lowest BCUT2D eigenvalue weighted by Gasteiger charge is -2.17. The van der Waals surface area contributed by atoms with Crippen LogP contribution in [0.3, 0.4) is 0 Å². The van der Waals surface area contributed by atoms with Crippen LogP contribution in [0.2, 0.25) is 0 Å². The molecule has 0 spiro atoms. The highest BCUT2D eigenvalue weighted by Crippen LogP contribution is 2.20. The van der Waals surface area contributed by atoms with Crippen LogP contribution < -0.4 is 10.6 Å². The third-order valence-corrected chi connectivity index (χ3v) is 4.57. The van der Waals surface area contributed by atoms with Crippen molar-refractivity contribution in [3.05, 3.63) is 0 Å². The zero-order valence-electron chi connectivity index (χ0n) is 16.3. The molecule has 2 N–H and O–H groups in total. The first kappa shape index (κ1) is 23.2. The number of carbonyl (C=O) groups excluding carboxylic acids is 2. The van der Waals surface area contributed by atoms with E-state index in [1.165, 1.54) is 0 Å². The summed E-state index contributed by atoms with van der Waals surface area (Å²) < 4.78 is 5.45. The molecule has 6 heteroatoms. The Morgan fingerprint density at radius 1 is 0.958 bits per heavy atom. The summed E-state index contributed by atoms with van der Waals surface area (Å²) in [6.07, 6.45) is 1.33. The smallest absolute Gasteiger partial charge is 0.225 e. The standard InChI is InChI=1S/C18H36N2O3S/c1-17(2,3)14-24-13-8-15(21)19-10-12-23-11-7-9-20-16(22)18(4,5)6/h7-14H2,1-6H3,(H,19,21)(H,20,22). The molecule has 24 heavy (non-hydrogen) atoms. The number of hydrogen-bond donors (Lipinski definition) is 2. The van der Waals surface area contributed by atoms with Gasteiger partial charge < -0.3 is 15.4 Å². The molecule has 0 heterocycles.